The number of primary sulfonamides is 1. The molecule has 0 saturated carbocycles. The smallest absolute Gasteiger partial charge is 0.238 e. The first-order chi connectivity index (χ1) is 15.8. The van der Waals surface area contributed by atoms with Crippen LogP contribution in [-0.4, -0.2) is 21.6 Å². The molecule has 0 bridgehead atoms. The van der Waals surface area contributed by atoms with Crippen LogP contribution >= 0.6 is 11.6 Å². The summed E-state index contributed by atoms with van der Waals surface area (Å²) in [6, 6.07) is 18.4. The fourth-order valence-electron chi connectivity index (χ4n) is 3.32. The summed E-state index contributed by atoms with van der Waals surface area (Å²) in [4.78, 5) is 0.110. The molecule has 0 aliphatic heterocycles. The molecule has 8 heteroatoms. The topological polar surface area (TPSA) is 90.6 Å². The van der Waals surface area contributed by atoms with Crippen molar-refractivity contribution in [3.8, 4) is 11.5 Å². The minimum absolute atomic E-state index is 0.110. The molecule has 0 saturated heterocycles. The summed E-state index contributed by atoms with van der Waals surface area (Å²) in [6.07, 6.45) is 0.735. The molecular formula is C25H29ClN2O4S. The van der Waals surface area contributed by atoms with Crippen LogP contribution in [0.25, 0.3) is 0 Å². The van der Waals surface area contributed by atoms with E-state index in [0.29, 0.717) is 42.8 Å². The fourth-order valence-corrected chi connectivity index (χ4v) is 4.06. The van der Waals surface area contributed by atoms with Crippen LogP contribution in [0.15, 0.2) is 65.6 Å². The minimum atomic E-state index is -3.67. The lowest BCUT2D eigenvalue weighted by Crippen LogP contribution is -2.17. The zero-order chi connectivity index (χ0) is 23.8. The van der Waals surface area contributed by atoms with Gasteiger partial charge in [0.25, 0.3) is 0 Å². The van der Waals surface area contributed by atoms with E-state index in [0.717, 1.165) is 23.1 Å². The third-order valence-electron chi connectivity index (χ3n) is 5.21. The van der Waals surface area contributed by atoms with E-state index in [1.54, 1.807) is 18.2 Å². The Kier molecular flexibility index (Phi) is 8.74. The molecule has 0 aliphatic carbocycles. The maximum Gasteiger partial charge on any atom is 0.238 e. The van der Waals surface area contributed by atoms with Gasteiger partial charge in [0.1, 0.15) is 6.61 Å². The van der Waals surface area contributed by atoms with Crippen molar-refractivity contribution in [1.82, 2.24) is 5.32 Å². The van der Waals surface area contributed by atoms with Gasteiger partial charge >= 0.3 is 0 Å². The maximum atomic E-state index is 11.4. The van der Waals surface area contributed by atoms with Gasteiger partial charge in [-0.25, -0.2) is 13.6 Å². The van der Waals surface area contributed by atoms with E-state index in [4.69, 9.17) is 26.2 Å². The average Bonchev–Trinajstić information content (AvgIpc) is 2.78. The first-order valence-corrected chi connectivity index (χ1v) is 12.7. The Morgan fingerprint density at radius 3 is 2.33 bits per heavy atom. The van der Waals surface area contributed by atoms with Crippen molar-refractivity contribution in [3.05, 3.63) is 87.9 Å². The van der Waals surface area contributed by atoms with Crippen molar-refractivity contribution >= 4 is 21.6 Å². The van der Waals surface area contributed by atoms with E-state index in [1.165, 1.54) is 17.7 Å². The molecule has 0 aliphatic rings. The fraction of sp³-hybridized carbons (Fsp3) is 0.280. The van der Waals surface area contributed by atoms with E-state index in [9.17, 15) is 8.42 Å². The number of nitrogens with two attached hydrogens (primary N) is 1. The summed E-state index contributed by atoms with van der Waals surface area (Å²) >= 11 is 6.53. The molecular weight excluding hydrogens is 460 g/mol. The summed E-state index contributed by atoms with van der Waals surface area (Å²) in [7, 11) is -3.67. The normalized spacial score (nSPS) is 11.4. The zero-order valence-corrected chi connectivity index (χ0v) is 20.4. The van der Waals surface area contributed by atoms with Gasteiger partial charge in [0.15, 0.2) is 11.5 Å². The second-order valence-electron chi connectivity index (χ2n) is 7.65. The molecule has 0 spiro atoms. The van der Waals surface area contributed by atoms with Crippen LogP contribution < -0.4 is 19.9 Å². The van der Waals surface area contributed by atoms with Gasteiger partial charge in [0.05, 0.1) is 11.5 Å². The van der Waals surface area contributed by atoms with Crippen LogP contribution in [0.1, 0.15) is 29.2 Å². The monoisotopic (exact) mass is 488 g/mol. The molecule has 0 unspecified atom stereocenters. The third-order valence-corrected chi connectivity index (χ3v) is 6.50. The van der Waals surface area contributed by atoms with Crippen molar-refractivity contribution in [2.24, 2.45) is 5.14 Å². The van der Waals surface area contributed by atoms with Crippen LogP contribution in [0.2, 0.25) is 5.02 Å². The van der Waals surface area contributed by atoms with Gasteiger partial charge in [-0.05, 0) is 67.3 Å². The molecule has 3 aromatic rings. The van der Waals surface area contributed by atoms with Crippen molar-refractivity contribution in [2.75, 3.05) is 13.2 Å². The van der Waals surface area contributed by atoms with Gasteiger partial charge in [0.2, 0.25) is 10.0 Å². The number of rotatable bonds is 11. The second-order valence-corrected chi connectivity index (χ2v) is 9.62. The molecule has 0 fully saturated rings. The highest BCUT2D eigenvalue weighted by Gasteiger charge is 2.12. The molecule has 0 amide bonds. The highest BCUT2D eigenvalue weighted by atomic mass is 35.5. The molecule has 6 nitrogen and oxygen atoms in total. The van der Waals surface area contributed by atoms with Crippen LogP contribution in [0.3, 0.4) is 0 Å². The van der Waals surface area contributed by atoms with Crippen LogP contribution in [0.5, 0.6) is 11.5 Å². The number of aryl methyl sites for hydroxylation is 1. The number of sulfonamides is 1. The maximum absolute atomic E-state index is 11.4. The lowest BCUT2D eigenvalue weighted by Gasteiger charge is -2.16. The van der Waals surface area contributed by atoms with Gasteiger partial charge < -0.3 is 14.8 Å². The van der Waals surface area contributed by atoms with E-state index in [2.05, 4.69) is 18.3 Å². The number of nitrogens with one attached hydrogen (secondary N) is 1. The van der Waals surface area contributed by atoms with Gasteiger partial charge in [-0.15, -0.1) is 0 Å². The summed E-state index contributed by atoms with van der Waals surface area (Å²) in [5, 5.41) is 9.10. The van der Waals surface area contributed by atoms with Crippen molar-refractivity contribution in [3.63, 3.8) is 0 Å². The highest BCUT2D eigenvalue weighted by Crippen LogP contribution is 2.34. The van der Waals surface area contributed by atoms with Gasteiger partial charge in [-0.2, -0.15) is 0 Å². The standard InChI is InChI=1S/C25H29ClN2O4S/c1-3-31-24-14-21(16-28-13-12-19-8-10-22(11-9-19)33(27,29)30)23(26)15-25(24)32-17-20-7-5-4-6-18(20)2/h4-11,14-15,28H,3,12-13,16-17H2,1-2H3,(H2,27,29,30). The predicted molar refractivity (Wildman–Crippen MR) is 131 cm³/mol. The number of ether oxygens (including phenoxy) is 2. The quantitative estimate of drug-likeness (QED) is 0.385. The van der Waals surface area contributed by atoms with E-state index in [1.807, 2.05) is 31.2 Å². The molecule has 0 radical (unpaired) electrons. The average molecular weight is 489 g/mol. The summed E-state index contributed by atoms with van der Waals surface area (Å²) in [5.74, 6) is 1.27. The largest absolute Gasteiger partial charge is 0.490 e. The minimum Gasteiger partial charge on any atom is -0.490 e. The lowest BCUT2D eigenvalue weighted by atomic mass is 10.1. The van der Waals surface area contributed by atoms with Gasteiger partial charge in [-0.3, -0.25) is 0 Å². The molecule has 3 rings (SSSR count). The Morgan fingerprint density at radius 2 is 1.67 bits per heavy atom. The molecule has 0 heterocycles. The third kappa shape index (κ3) is 7.20. The van der Waals surface area contributed by atoms with Crippen molar-refractivity contribution in [2.45, 2.75) is 38.3 Å². The van der Waals surface area contributed by atoms with Crippen molar-refractivity contribution < 1.29 is 17.9 Å². The number of hydrogen-bond acceptors (Lipinski definition) is 5. The predicted octanol–water partition coefficient (Wildman–Crippen LogP) is 4.61. The molecule has 0 atom stereocenters. The van der Waals surface area contributed by atoms with Crippen molar-refractivity contribution in [1.29, 1.82) is 0 Å². The molecule has 3 aromatic carbocycles. The number of hydrogen-bond donors (Lipinski definition) is 2. The number of benzene rings is 3. The molecule has 0 aromatic heterocycles. The Balaban J connectivity index is 1.60. The zero-order valence-electron chi connectivity index (χ0n) is 18.8. The first kappa shape index (κ1) is 25.1. The van der Waals surface area contributed by atoms with E-state index in [-0.39, 0.29) is 4.90 Å². The lowest BCUT2D eigenvalue weighted by molar-refractivity contribution is 0.268. The second kappa shape index (κ2) is 11.5. The molecule has 3 N–H and O–H groups in total. The van der Waals surface area contributed by atoms with E-state index >= 15 is 0 Å². The highest BCUT2D eigenvalue weighted by molar-refractivity contribution is 7.89. The SMILES string of the molecule is CCOc1cc(CNCCc2ccc(S(N)(=O)=O)cc2)c(Cl)cc1OCc1ccccc1C. The Morgan fingerprint density at radius 1 is 0.970 bits per heavy atom. The Labute approximate surface area is 200 Å². The Bertz CT molecular complexity index is 1180. The Hall–Kier alpha value is -2.58. The summed E-state index contributed by atoms with van der Waals surface area (Å²) < 4.78 is 34.5. The van der Waals surface area contributed by atoms with Crippen LogP contribution in [0, 0.1) is 6.92 Å². The summed E-state index contributed by atoms with van der Waals surface area (Å²) in [6.45, 7) is 6.19. The van der Waals surface area contributed by atoms with Gasteiger partial charge in [-0.1, -0.05) is 48.0 Å². The molecule has 176 valence electrons. The number of halogens is 1. The van der Waals surface area contributed by atoms with E-state index < -0.39 is 10.0 Å². The van der Waals surface area contributed by atoms with Crippen LogP contribution in [0.4, 0.5) is 0 Å². The summed E-state index contributed by atoms with van der Waals surface area (Å²) in [5.41, 5.74) is 4.20. The van der Waals surface area contributed by atoms with Gasteiger partial charge in [0, 0.05) is 17.6 Å². The molecule has 33 heavy (non-hydrogen) atoms. The first-order valence-electron chi connectivity index (χ1n) is 10.7. The van der Waals surface area contributed by atoms with Crippen LogP contribution in [-0.2, 0) is 29.6 Å².